The van der Waals surface area contributed by atoms with Gasteiger partial charge in [0.1, 0.15) is 0 Å². The van der Waals surface area contributed by atoms with Gasteiger partial charge in [0.25, 0.3) is 0 Å². The van der Waals surface area contributed by atoms with Gasteiger partial charge in [-0.05, 0) is 24.1 Å². The van der Waals surface area contributed by atoms with Crippen molar-refractivity contribution in [2.45, 2.75) is 19.4 Å². The molecule has 0 aromatic heterocycles. The molecule has 0 spiro atoms. The zero-order chi connectivity index (χ0) is 9.84. The average Bonchev–Trinajstić information content (AvgIpc) is 2.04. The van der Waals surface area contributed by atoms with Crippen LogP contribution in [0.1, 0.15) is 23.6 Å². The number of aryl methyl sites for hydroxylation is 1. The Bertz CT molecular complexity index is 339. The highest BCUT2D eigenvalue weighted by atomic mass is 14.7. The maximum Gasteiger partial charge on any atom is 0.0641 e. The lowest BCUT2D eigenvalue weighted by Gasteiger charge is -2.11. The van der Waals surface area contributed by atoms with Crippen molar-refractivity contribution in [3.63, 3.8) is 0 Å². The van der Waals surface area contributed by atoms with Crippen LogP contribution in [0.5, 0.6) is 0 Å². The van der Waals surface area contributed by atoms with Gasteiger partial charge in [0.05, 0.1) is 12.5 Å². The van der Waals surface area contributed by atoms with Gasteiger partial charge >= 0.3 is 0 Å². The van der Waals surface area contributed by atoms with Crippen molar-refractivity contribution < 1.29 is 0 Å². The highest BCUT2D eigenvalue weighted by molar-refractivity contribution is 5.50. The third-order valence-corrected chi connectivity index (χ3v) is 1.95. The predicted octanol–water partition coefficient (Wildman–Crippen LogP) is 1.49. The zero-order valence-electron chi connectivity index (χ0n) is 7.62. The number of nitrogens with zero attached hydrogens (tertiary/aromatic N) is 1. The molecular weight excluding hydrogens is 162 g/mol. The topological polar surface area (TPSA) is 75.8 Å². The van der Waals surface area contributed by atoms with Crippen molar-refractivity contribution in [1.29, 1.82) is 5.26 Å². The van der Waals surface area contributed by atoms with Crippen LogP contribution in [0.25, 0.3) is 0 Å². The summed E-state index contributed by atoms with van der Waals surface area (Å²) in [5, 5.41) is 8.47. The molecule has 0 bridgehead atoms. The van der Waals surface area contributed by atoms with Crippen LogP contribution < -0.4 is 11.5 Å². The molecule has 13 heavy (non-hydrogen) atoms. The van der Waals surface area contributed by atoms with E-state index in [9.17, 15) is 0 Å². The molecule has 0 radical (unpaired) electrons. The highest BCUT2D eigenvalue weighted by Crippen LogP contribution is 2.21. The maximum atomic E-state index is 8.47. The number of anilines is 1. The molecule has 0 heterocycles. The normalized spacial score (nSPS) is 12.1. The summed E-state index contributed by atoms with van der Waals surface area (Å²) in [4.78, 5) is 0. The maximum absolute atomic E-state index is 8.47. The van der Waals surface area contributed by atoms with Crippen molar-refractivity contribution in [2.75, 3.05) is 5.73 Å². The fourth-order valence-electron chi connectivity index (χ4n) is 1.24. The van der Waals surface area contributed by atoms with Gasteiger partial charge in [0.2, 0.25) is 0 Å². The Morgan fingerprint density at radius 2 is 2.23 bits per heavy atom. The molecular formula is C10H13N3. The molecule has 0 fully saturated rings. The standard InChI is InChI=1S/C10H13N3/c1-7-2-3-8(10(13)6-7)9(12)4-5-11/h2-3,6,9H,4,12-13H2,1H3/t9-/m1/s1. The van der Waals surface area contributed by atoms with Crippen LogP contribution in [0.3, 0.4) is 0 Å². The van der Waals surface area contributed by atoms with E-state index in [4.69, 9.17) is 16.7 Å². The largest absolute Gasteiger partial charge is 0.398 e. The van der Waals surface area contributed by atoms with Gasteiger partial charge in [0.15, 0.2) is 0 Å². The zero-order valence-corrected chi connectivity index (χ0v) is 7.62. The lowest BCUT2D eigenvalue weighted by Crippen LogP contribution is -2.11. The Morgan fingerprint density at radius 3 is 2.77 bits per heavy atom. The molecule has 0 amide bonds. The molecule has 0 aliphatic carbocycles. The van der Waals surface area contributed by atoms with E-state index in [-0.39, 0.29) is 6.04 Å². The summed E-state index contributed by atoms with van der Waals surface area (Å²) in [6.45, 7) is 1.97. The summed E-state index contributed by atoms with van der Waals surface area (Å²) in [6, 6.07) is 7.45. The number of benzene rings is 1. The Balaban J connectivity index is 2.96. The molecule has 1 aromatic carbocycles. The minimum absolute atomic E-state index is 0.273. The summed E-state index contributed by atoms with van der Waals surface area (Å²) < 4.78 is 0. The number of rotatable bonds is 2. The Kier molecular flexibility index (Phi) is 2.88. The predicted molar refractivity (Wildman–Crippen MR) is 52.7 cm³/mol. The van der Waals surface area contributed by atoms with Gasteiger partial charge < -0.3 is 11.5 Å². The van der Waals surface area contributed by atoms with Crippen LogP contribution in [0.15, 0.2) is 18.2 Å². The smallest absolute Gasteiger partial charge is 0.0641 e. The first kappa shape index (κ1) is 9.56. The summed E-state index contributed by atoms with van der Waals surface area (Å²) in [5.74, 6) is 0. The lowest BCUT2D eigenvalue weighted by atomic mass is 10.0. The Labute approximate surface area is 78.0 Å². The van der Waals surface area contributed by atoms with Crippen molar-refractivity contribution in [2.24, 2.45) is 5.73 Å². The van der Waals surface area contributed by atoms with Crippen molar-refractivity contribution in [3.05, 3.63) is 29.3 Å². The molecule has 3 heteroatoms. The molecule has 0 unspecified atom stereocenters. The summed E-state index contributed by atoms with van der Waals surface area (Å²) in [6.07, 6.45) is 0.299. The van der Waals surface area contributed by atoms with Gasteiger partial charge in [-0.1, -0.05) is 12.1 Å². The van der Waals surface area contributed by atoms with Crippen LogP contribution in [-0.4, -0.2) is 0 Å². The molecule has 1 aromatic rings. The second-order valence-electron chi connectivity index (χ2n) is 3.10. The number of nitrogen functional groups attached to an aromatic ring is 1. The van der Waals surface area contributed by atoms with E-state index in [2.05, 4.69) is 0 Å². The first-order valence-corrected chi connectivity index (χ1v) is 4.13. The average molecular weight is 175 g/mol. The molecule has 0 aliphatic heterocycles. The monoisotopic (exact) mass is 175 g/mol. The van der Waals surface area contributed by atoms with E-state index in [1.165, 1.54) is 0 Å². The number of hydrogen-bond acceptors (Lipinski definition) is 3. The molecule has 68 valence electrons. The second kappa shape index (κ2) is 3.92. The molecule has 3 nitrogen and oxygen atoms in total. The van der Waals surface area contributed by atoms with E-state index in [1.54, 1.807) is 0 Å². The third kappa shape index (κ3) is 2.20. The van der Waals surface area contributed by atoms with Crippen LogP contribution in [0.4, 0.5) is 5.69 Å². The summed E-state index contributed by atoms with van der Waals surface area (Å²) in [7, 11) is 0. The van der Waals surface area contributed by atoms with Crippen molar-refractivity contribution in [1.82, 2.24) is 0 Å². The van der Waals surface area contributed by atoms with E-state index in [1.807, 2.05) is 31.2 Å². The summed E-state index contributed by atoms with van der Waals surface area (Å²) in [5.41, 5.74) is 14.1. The van der Waals surface area contributed by atoms with Gasteiger partial charge in [-0.15, -0.1) is 0 Å². The van der Waals surface area contributed by atoms with E-state index >= 15 is 0 Å². The van der Waals surface area contributed by atoms with Crippen LogP contribution in [0, 0.1) is 18.3 Å². The van der Waals surface area contributed by atoms with Gasteiger partial charge in [-0.3, -0.25) is 0 Å². The van der Waals surface area contributed by atoms with Gasteiger partial charge in [-0.25, -0.2) is 0 Å². The summed E-state index contributed by atoms with van der Waals surface area (Å²) >= 11 is 0. The first-order chi connectivity index (χ1) is 6.15. The van der Waals surface area contributed by atoms with Crippen LogP contribution >= 0.6 is 0 Å². The number of nitriles is 1. The Morgan fingerprint density at radius 1 is 1.54 bits per heavy atom. The van der Waals surface area contributed by atoms with Crippen molar-refractivity contribution >= 4 is 5.69 Å². The van der Waals surface area contributed by atoms with E-state index in [0.717, 1.165) is 11.1 Å². The lowest BCUT2D eigenvalue weighted by molar-refractivity contribution is 0.751. The van der Waals surface area contributed by atoms with Crippen LogP contribution in [0.2, 0.25) is 0 Å². The highest BCUT2D eigenvalue weighted by Gasteiger charge is 2.08. The quantitative estimate of drug-likeness (QED) is 0.668. The molecule has 0 aliphatic rings. The molecule has 1 rings (SSSR count). The second-order valence-corrected chi connectivity index (χ2v) is 3.10. The number of nitrogens with two attached hydrogens (primary N) is 2. The minimum atomic E-state index is -0.273. The fourth-order valence-corrected chi connectivity index (χ4v) is 1.24. The van der Waals surface area contributed by atoms with E-state index in [0.29, 0.717) is 12.1 Å². The Hall–Kier alpha value is -1.53. The SMILES string of the molecule is Cc1ccc([C@H](N)CC#N)c(N)c1. The molecule has 1 atom stereocenters. The van der Waals surface area contributed by atoms with Crippen molar-refractivity contribution in [3.8, 4) is 6.07 Å². The molecule has 0 saturated carbocycles. The first-order valence-electron chi connectivity index (χ1n) is 4.13. The molecule has 4 N–H and O–H groups in total. The van der Waals surface area contributed by atoms with Gasteiger partial charge in [-0.2, -0.15) is 5.26 Å². The fraction of sp³-hybridized carbons (Fsp3) is 0.300. The van der Waals surface area contributed by atoms with E-state index < -0.39 is 0 Å². The number of hydrogen-bond donors (Lipinski definition) is 2. The van der Waals surface area contributed by atoms with Gasteiger partial charge in [0, 0.05) is 11.7 Å². The van der Waals surface area contributed by atoms with Crippen LogP contribution in [-0.2, 0) is 0 Å². The molecule has 0 saturated heterocycles. The minimum Gasteiger partial charge on any atom is -0.398 e. The third-order valence-electron chi connectivity index (χ3n) is 1.95.